The van der Waals surface area contributed by atoms with Gasteiger partial charge in [-0.3, -0.25) is 33.6 Å². The van der Waals surface area contributed by atoms with Gasteiger partial charge in [0.15, 0.2) is 11.6 Å². The van der Waals surface area contributed by atoms with Crippen molar-refractivity contribution >= 4 is 98.0 Å². The molecule has 0 bridgehead atoms. The summed E-state index contributed by atoms with van der Waals surface area (Å²) >= 11 is 0. The number of nitrogens with zero attached hydrogens (tertiary/aromatic N) is 4. The fraction of sp³-hybridized carbons (Fsp3) is 0.632. The van der Waals surface area contributed by atoms with Crippen LogP contribution in [-0.4, -0.2) is 219 Å². The van der Waals surface area contributed by atoms with Crippen LogP contribution in [0, 0.1) is 42.9 Å². The molecule has 5 fully saturated rings. The molecule has 9 atom stereocenters. The first-order valence-corrected chi connectivity index (χ1v) is 32.6. The number of amides is 8. The largest absolute Gasteiger partial charge is 0.480 e. The molecular weight excluding hydrogens is 1530 g/mol. The molecule has 5 heterocycles. The first-order chi connectivity index (χ1) is 46.4. The Hall–Kier alpha value is -7.28. The van der Waals surface area contributed by atoms with E-state index in [0.29, 0.717) is 84.2 Å². The zero-order chi connectivity index (χ0) is 75.1. The normalized spacial score (nSPS) is 19.6. The Labute approximate surface area is 617 Å². The van der Waals surface area contributed by atoms with Gasteiger partial charge in [-0.2, -0.15) is 0 Å². The molecule has 0 aromatic heterocycles. The van der Waals surface area contributed by atoms with E-state index in [9.17, 15) is 67.4 Å². The van der Waals surface area contributed by atoms with Gasteiger partial charge in [-0.15, -0.1) is 12.4 Å². The molecule has 7 N–H and O–H groups in total. The van der Waals surface area contributed by atoms with E-state index >= 15 is 0 Å². The summed E-state index contributed by atoms with van der Waals surface area (Å²) in [6.07, 6.45) is 4.58. The van der Waals surface area contributed by atoms with E-state index in [0.717, 1.165) is 32.2 Å². The van der Waals surface area contributed by atoms with Crippen LogP contribution in [0.5, 0.6) is 0 Å². The van der Waals surface area contributed by atoms with Gasteiger partial charge >= 0.3 is 36.3 Å². The van der Waals surface area contributed by atoms with E-state index in [1.165, 1.54) is 37.9 Å². The maximum absolute atomic E-state index is 13.1. The minimum Gasteiger partial charge on any atom is -0.480 e. The third kappa shape index (κ3) is 30.2. The van der Waals surface area contributed by atoms with Crippen LogP contribution in [0.15, 0.2) is 60.7 Å². The number of carboxylic acids is 2. The van der Waals surface area contributed by atoms with Crippen molar-refractivity contribution in [1.29, 1.82) is 2.67 Å². The Morgan fingerprint density at radius 2 is 0.798 bits per heavy atom. The van der Waals surface area contributed by atoms with E-state index in [1.54, 1.807) is 127 Å². The number of carboxylic acid groups (broad SMARTS) is 2. The van der Waals surface area contributed by atoms with Crippen molar-refractivity contribution < 1.29 is 124 Å². The Kier molecular flexibility index (Phi) is 39.1. The van der Waals surface area contributed by atoms with Crippen LogP contribution in [0.2, 0.25) is 0 Å². The zero-order valence-electron chi connectivity index (χ0n) is 61.8. The van der Waals surface area contributed by atoms with Crippen LogP contribution in [0.1, 0.15) is 179 Å². The smallest absolute Gasteiger partial charge is 0.408 e. The van der Waals surface area contributed by atoms with Gasteiger partial charge in [0.05, 0.1) is 40.7 Å². The summed E-state index contributed by atoms with van der Waals surface area (Å²) in [7, 11) is 2.97. The number of methoxy groups -OCH3 is 2. The molecule has 7 rings (SSSR count). The minimum atomic E-state index is -1.03. The van der Waals surface area contributed by atoms with Gasteiger partial charge in [-0.05, 0) is 159 Å². The second-order valence-corrected chi connectivity index (χ2v) is 26.6. The van der Waals surface area contributed by atoms with Crippen LogP contribution in [0.3, 0.4) is 0 Å². The Morgan fingerprint density at radius 3 is 1.05 bits per heavy atom. The molecule has 0 saturated carbocycles. The maximum atomic E-state index is 13.1. The molecule has 1 radical (unpaired) electrons. The SMILES string of the molecule is CC(=O)[C@@H]1CCCN1.CC(=O)[C@@H]1CCCN1C(=O)[C@H](NC(=O)OC(C)(C)C)c1ccccc1.CC(C)(C)OC(=O)N[C@@H](C(=O)N1CCC[C@H]1C(=O)O)c1ccccc1.COC(=O)N[C@H](C(=O)N1CCC[C@H]1C(=O)O)C(C)C.COC(=O)N[C@H](C(=O)N1CCC[C@H]1C(C)=O)C(C)C.Cl.[3H][B][3H].[HH].[U]. The summed E-state index contributed by atoms with van der Waals surface area (Å²) in [4.78, 5) is 160. The van der Waals surface area contributed by atoms with Gasteiger partial charge in [0, 0.05) is 58.7 Å². The fourth-order valence-corrected chi connectivity index (χ4v) is 11.3. The molecular formula is C68H108BClN9O19U. The number of Topliss-reactive ketones (excluding diaryl/α,β-unsaturated/α-hetero) is 3. The number of aliphatic carboxylic acids is 2. The molecule has 99 heavy (non-hydrogen) atoms. The standard InChI is InChI=1S/C19H26N2O4.C18H24N2O5.C13H22N2O4.C12H20N2O5.C6H11NO.BH2.ClH.U.H2/c1-13(22)15-11-8-12-21(15)17(23)16(14-9-6-5-7-10-14)20-18(24)25-19(2,3)4;1-18(2,3)25-17(24)19-14(12-8-5-4-6-9-12)15(21)20-11-7-10-13(20)16(22)23;1-8(2)11(14-13(18)19-4)12(17)15-7-5-6-10(15)9(3)16;1-7(2)9(13-12(18)19-3)10(15)14-6-4-5-8(14)11(16)17;1-5(8)6-3-2-4-7-6;;;;/h5-7,9-10,15-16H,8,11-12H2,1-4H3,(H,20,24);4-6,8-9,13-14H,7,10-11H2,1-3H3,(H,19,24)(H,22,23);8,10-11H,5-7H2,1-4H3,(H,14,18);7-9H,4-6H2,1-3H3,(H,13,18)(H,16,17);6-7H,2-4H2,1H3;1H2;1H;;1H/t15-,16+;13-,14+;10-,11-;8-,9-;6-;;;;/m00000..../s1/i;;;;;1T2;;;. The molecule has 31 heteroatoms. The first-order valence-electron chi connectivity index (χ1n) is 33.8. The average molecular weight is 1640 g/mol. The van der Waals surface area contributed by atoms with E-state index < -0.39 is 95.7 Å². The predicted octanol–water partition coefficient (Wildman–Crippen LogP) is 6.63. The molecule has 2 aromatic rings. The number of ketones is 3. The second kappa shape index (κ2) is 44.1. The van der Waals surface area contributed by atoms with E-state index in [-0.39, 0.29) is 104 Å². The predicted molar refractivity (Wildman–Crippen MR) is 371 cm³/mol. The molecule has 0 spiro atoms. The summed E-state index contributed by atoms with van der Waals surface area (Å²) in [6, 6.07) is 12.2. The van der Waals surface area contributed by atoms with Gasteiger partial charge < -0.3 is 75.3 Å². The molecule has 5 aliphatic heterocycles. The number of benzene rings is 2. The van der Waals surface area contributed by atoms with Crippen molar-refractivity contribution in [2.24, 2.45) is 11.8 Å². The molecule has 553 valence electrons. The summed E-state index contributed by atoms with van der Waals surface area (Å²) < 4.78 is 31.0. The maximum Gasteiger partial charge on any atom is 0.408 e. The van der Waals surface area contributed by atoms with Crippen LogP contribution >= 0.6 is 12.4 Å². The van der Waals surface area contributed by atoms with Crippen molar-refractivity contribution in [2.75, 3.05) is 46.9 Å². The van der Waals surface area contributed by atoms with E-state index in [4.69, 9.17) is 17.3 Å². The number of ether oxygens (including phenoxy) is 4. The van der Waals surface area contributed by atoms with Crippen molar-refractivity contribution in [3.63, 3.8) is 0 Å². The zero-order valence-corrected chi connectivity index (χ0v) is 64.8. The quantitative estimate of drug-likeness (QED) is 0.0645. The Morgan fingerprint density at radius 1 is 0.495 bits per heavy atom. The monoisotopic (exact) mass is 1640 g/mol. The first kappa shape index (κ1) is 87.8. The van der Waals surface area contributed by atoms with Crippen LogP contribution in [-0.2, 0) is 62.1 Å². The summed E-state index contributed by atoms with van der Waals surface area (Å²) in [6.45, 7) is 25.2. The van der Waals surface area contributed by atoms with E-state index in [1.807, 2.05) is 19.9 Å². The summed E-state index contributed by atoms with van der Waals surface area (Å²) in [5, 5.41) is 31.7. The number of nitrogens with one attached hydrogen (secondary N) is 5. The topological polar surface area (TPSA) is 372 Å². The van der Waals surface area contributed by atoms with Gasteiger partial charge in [0.1, 0.15) is 53.2 Å². The van der Waals surface area contributed by atoms with Crippen molar-refractivity contribution in [3.8, 4) is 0 Å². The Bertz CT molecular complexity index is 2840. The number of hydrogen-bond acceptors (Lipinski definition) is 18. The van der Waals surface area contributed by atoms with Crippen molar-refractivity contribution in [3.05, 3.63) is 71.8 Å². The number of likely N-dealkylation sites (tertiary alicyclic amines) is 4. The number of carbonyl (C=O) groups is 13. The van der Waals surface area contributed by atoms with Gasteiger partial charge in [0.25, 0.3) is 11.8 Å². The average Bonchev–Trinajstić information content (AvgIpc) is 1.58. The molecule has 8 amide bonds. The second-order valence-electron chi connectivity index (χ2n) is 26.6. The number of carbonyl (C=O) groups excluding carboxylic acids is 11. The summed E-state index contributed by atoms with van der Waals surface area (Å²) in [5.41, 5.74) is -0.128. The van der Waals surface area contributed by atoms with Crippen LogP contribution in [0.4, 0.5) is 19.2 Å². The Balaban J connectivity index is 0. The van der Waals surface area contributed by atoms with Crippen molar-refractivity contribution in [2.45, 2.75) is 220 Å². The number of hydrogen-bond donors (Lipinski definition) is 7. The van der Waals surface area contributed by atoms with Gasteiger partial charge in [-0.25, -0.2) is 28.8 Å². The van der Waals surface area contributed by atoms with Gasteiger partial charge in [-0.1, -0.05) is 88.4 Å². The third-order valence-corrected chi connectivity index (χ3v) is 16.1. The number of alkyl carbamates (subject to hydrolysis) is 4. The molecule has 5 saturated heterocycles. The van der Waals surface area contributed by atoms with Crippen LogP contribution in [0.25, 0.3) is 0 Å². The van der Waals surface area contributed by atoms with Gasteiger partial charge in [0.2, 0.25) is 11.8 Å². The molecule has 2 aromatic carbocycles. The van der Waals surface area contributed by atoms with Crippen molar-refractivity contribution in [1.82, 2.24) is 46.2 Å². The van der Waals surface area contributed by atoms with E-state index in [2.05, 4.69) is 36.1 Å². The molecule has 28 nitrogen and oxygen atoms in total. The minimum absolute atomic E-state index is 0. The molecule has 0 aliphatic carbocycles. The van der Waals surface area contributed by atoms with Crippen LogP contribution < -0.4 is 26.6 Å². The number of halogens is 1. The third-order valence-electron chi connectivity index (χ3n) is 16.1. The molecule has 5 aliphatic rings. The molecule has 0 unspecified atom stereocenters. The summed E-state index contributed by atoms with van der Waals surface area (Å²) in [5.74, 6) is -3.33. The number of rotatable bonds is 17. The fourth-order valence-electron chi connectivity index (χ4n) is 11.3.